The predicted octanol–water partition coefficient (Wildman–Crippen LogP) is 1.76. The van der Waals surface area contributed by atoms with Crippen LogP contribution in [0, 0.1) is 12.8 Å². The molecule has 0 radical (unpaired) electrons. The molecule has 102 valence electrons. The number of carboxylic acid groups (broad SMARTS) is 1. The smallest absolute Gasteiger partial charge is 0.306 e. The Bertz CT molecular complexity index is 487. The minimum absolute atomic E-state index is 0.0455. The number of amides is 1. The van der Waals surface area contributed by atoms with Crippen molar-refractivity contribution < 1.29 is 14.7 Å². The third kappa shape index (κ3) is 3.53. The van der Waals surface area contributed by atoms with Crippen LogP contribution in [0.3, 0.4) is 0 Å². The van der Waals surface area contributed by atoms with Crippen molar-refractivity contribution >= 4 is 11.9 Å². The first kappa shape index (κ1) is 13.5. The van der Waals surface area contributed by atoms with Crippen molar-refractivity contribution in [1.29, 1.82) is 0 Å². The van der Waals surface area contributed by atoms with Crippen LogP contribution in [0.15, 0.2) is 18.3 Å². The molecule has 2 unspecified atom stereocenters. The molecule has 1 aliphatic carbocycles. The van der Waals surface area contributed by atoms with Gasteiger partial charge in [0.05, 0.1) is 5.92 Å². The van der Waals surface area contributed by atoms with E-state index in [0.717, 1.165) is 18.5 Å². The van der Waals surface area contributed by atoms with E-state index in [1.165, 1.54) is 0 Å². The monoisotopic (exact) mass is 262 g/mol. The summed E-state index contributed by atoms with van der Waals surface area (Å²) in [5.41, 5.74) is 1.37. The Morgan fingerprint density at radius 2 is 2.21 bits per heavy atom. The Labute approximate surface area is 112 Å². The largest absolute Gasteiger partial charge is 0.481 e. The van der Waals surface area contributed by atoms with E-state index in [1.807, 2.05) is 6.92 Å². The highest BCUT2D eigenvalue weighted by atomic mass is 16.4. The summed E-state index contributed by atoms with van der Waals surface area (Å²) in [6.07, 6.45) is 4.52. The molecule has 5 nitrogen and oxygen atoms in total. The molecule has 1 heterocycles. The van der Waals surface area contributed by atoms with E-state index in [4.69, 9.17) is 5.11 Å². The van der Waals surface area contributed by atoms with Crippen LogP contribution in [0.1, 0.15) is 41.7 Å². The molecule has 1 amide bonds. The fourth-order valence-electron chi connectivity index (χ4n) is 2.50. The number of aryl methyl sites for hydroxylation is 1. The highest BCUT2D eigenvalue weighted by molar-refractivity contribution is 5.94. The van der Waals surface area contributed by atoms with Gasteiger partial charge in [-0.05, 0) is 38.3 Å². The Morgan fingerprint density at radius 1 is 1.42 bits per heavy atom. The minimum Gasteiger partial charge on any atom is -0.481 e. The van der Waals surface area contributed by atoms with Crippen LogP contribution in [-0.2, 0) is 4.79 Å². The van der Waals surface area contributed by atoms with Gasteiger partial charge in [0, 0.05) is 23.5 Å². The van der Waals surface area contributed by atoms with E-state index in [1.54, 1.807) is 18.3 Å². The van der Waals surface area contributed by atoms with Gasteiger partial charge in [0.2, 0.25) is 0 Å². The zero-order chi connectivity index (χ0) is 13.8. The number of hydrogen-bond acceptors (Lipinski definition) is 3. The second-order valence-corrected chi connectivity index (χ2v) is 5.06. The van der Waals surface area contributed by atoms with Crippen LogP contribution in [-0.4, -0.2) is 28.0 Å². The number of aliphatic carboxylic acids is 1. The van der Waals surface area contributed by atoms with Gasteiger partial charge in [-0.3, -0.25) is 14.6 Å². The van der Waals surface area contributed by atoms with Gasteiger partial charge in [-0.2, -0.15) is 0 Å². The topological polar surface area (TPSA) is 79.3 Å². The number of rotatable bonds is 3. The van der Waals surface area contributed by atoms with E-state index in [2.05, 4.69) is 10.3 Å². The number of nitrogens with zero attached hydrogens (tertiary/aromatic N) is 1. The molecular formula is C14H18N2O3. The average molecular weight is 262 g/mol. The zero-order valence-corrected chi connectivity index (χ0v) is 10.9. The third-order valence-electron chi connectivity index (χ3n) is 3.52. The standard InChI is InChI=1S/C14H18N2O3/c1-9-7-10(5-6-15-9)13(17)16-12-4-2-3-11(8-12)14(18)19/h5-7,11-12H,2-4,8H2,1H3,(H,16,17)(H,18,19). The second-order valence-electron chi connectivity index (χ2n) is 5.06. The fourth-order valence-corrected chi connectivity index (χ4v) is 2.50. The first-order valence-corrected chi connectivity index (χ1v) is 6.52. The number of aromatic nitrogens is 1. The summed E-state index contributed by atoms with van der Waals surface area (Å²) in [4.78, 5) is 27.1. The van der Waals surface area contributed by atoms with Crippen molar-refractivity contribution in [1.82, 2.24) is 10.3 Å². The van der Waals surface area contributed by atoms with E-state index in [-0.39, 0.29) is 17.9 Å². The molecule has 1 aromatic heterocycles. The van der Waals surface area contributed by atoms with Crippen LogP contribution in [0.2, 0.25) is 0 Å². The number of pyridine rings is 1. The minimum atomic E-state index is -0.765. The van der Waals surface area contributed by atoms with Gasteiger partial charge in [-0.1, -0.05) is 6.42 Å². The second kappa shape index (κ2) is 5.82. The molecule has 19 heavy (non-hydrogen) atoms. The fraction of sp³-hybridized carbons (Fsp3) is 0.500. The predicted molar refractivity (Wildman–Crippen MR) is 69.8 cm³/mol. The quantitative estimate of drug-likeness (QED) is 0.870. The van der Waals surface area contributed by atoms with Crippen molar-refractivity contribution in [3.05, 3.63) is 29.6 Å². The normalized spacial score (nSPS) is 22.8. The molecule has 5 heteroatoms. The van der Waals surface area contributed by atoms with E-state index >= 15 is 0 Å². The van der Waals surface area contributed by atoms with Crippen molar-refractivity contribution in [3.8, 4) is 0 Å². The maximum absolute atomic E-state index is 12.1. The van der Waals surface area contributed by atoms with Gasteiger partial charge in [0.15, 0.2) is 0 Å². The number of carbonyl (C=O) groups excluding carboxylic acids is 1. The Hall–Kier alpha value is -1.91. The lowest BCUT2D eigenvalue weighted by molar-refractivity contribution is -0.143. The third-order valence-corrected chi connectivity index (χ3v) is 3.52. The summed E-state index contributed by atoms with van der Waals surface area (Å²) in [5.74, 6) is -1.25. The van der Waals surface area contributed by atoms with Gasteiger partial charge in [-0.15, -0.1) is 0 Å². The molecule has 1 aliphatic rings. The van der Waals surface area contributed by atoms with Crippen molar-refractivity contribution in [2.24, 2.45) is 5.92 Å². The molecule has 0 aromatic carbocycles. The summed E-state index contributed by atoms with van der Waals surface area (Å²) >= 11 is 0. The molecule has 2 rings (SSSR count). The summed E-state index contributed by atoms with van der Waals surface area (Å²) in [5, 5.41) is 11.9. The van der Waals surface area contributed by atoms with Crippen LogP contribution in [0.4, 0.5) is 0 Å². The summed E-state index contributed by atoms with van der Waals surface area (Å²) in [6.45, 7) is 1.83. The molecule has 0 saturated heterocycles. The van der Waals surface area contributed by atoms with Gasteiger partial charge in [0.1, 0.15) is 0 Å². The summed E-state index contributed by atoms with van der Waals surface area (Å²) < 4.78 is 0. The molecule has 2 N–H and O–H groups in total. The Morgan fingerprint density at radius 3 is 2.89 bits per heavy atom. The zero-order valence-electron chi connectivity index (χ0n) is 10.9. The van der Waals surface area contributed by atoms with Gasteiger partial charge >= 0.3 is 5.97 Å². The van der Waals surface area contributed by atoms with E-state index in [0.29, 0.717) is 18.4 Å². The lowest BCUT2D eigenvalue weighted by Gasteiger charge is -2.27. The number of nitrogens with one attached hydrogen (secondary N) is 1. The van der Waals surface area contributed by atoms with Crippen LogP contribution in [0.25, 0.3) is 0 Å². The Balaban J connectivity index is 1.97. The van der Waals surface area contributed by atoms with Crippen molar-refractivity contribution in [2.45, 2.75) is 38.6 Å². The number of carbonyl (C=O) groups is 2. The van der Waals surface area contributed by atoms with Crippen LogP contribution >= 0.6 is 0 Å². The number of carboxylic acids is 1. The van der Waals surface area contributed by atoms with E-state index < -0.39 is 5.97 Å². The maximum Gasteiger partial charge on any atom is 0.306 e. The molecule has 1 aromatic rings. The van der Waals surface area contributed by atoms with Gasteiger partial charge < -0.3 is 10.4 Å². The van der Waals surface area contributed by atoms with Crippen LogP contribution < -0.4 is 5.32 Å². The van der Waals surface area contributed by atoms with E-state index in [9.17, 15) is 9.59 Å². The lowest BCUT2D eigenvalue weighted by atomic mass is 9.85. The molecule has 1 saturated carbocycles. The molecule has 2 atom stereocenters. The highest BCUT2D eigenvalue weighted by Crippen LogP contribution is 2.24. The average Bonchev–Trinajstić information content (AvgIpc) is 2.39. The van der Waals surface area contributed by atoms with Crippen LogP contribution in [0.5, 0.6) is 0 Å². The molecule has 1 fully saturated rings. The molecule has 0 spiro atoms. The van der Waals surface area contributed by atoms with Crippen molar-refractivity contribution in [3.63, 3.8) is 0 Å². The lowest BCUT2D eigenvalue weighted by Crippen LogP contribution is -2.39. The summed E-state index contributed by atoms with van der Waals surface area (Å²) in [7, 11) is 0. The first-order valence-electron chi connectivity index (χ1n) is 6.52. The maximum atomic E-state index is 12.1. The summed E-state index contributed by atoms with van der Waals surface area (Å²) in [6, 6.07) is 3.35. The van der Waals surface area contributed by atoms with Gasteiger partial charge in [-0.25, -0.2) is 0 Å². The van der Waals surface area contributed by atoms with Gasteiger partial charge in [0.25, 0.3) is 5.91 Å². The Kier molecular flexibility index (Phi) is 4.14. The van der Waals surface area contributed by atoms with Crippen molar-refractivity contribution in [2.75, 3.05) is 0 Å². The number of hydrogen-bond donors (Lipinski definition) is 2. The molecule has 0 bridgehead atoms. The first-order chi connectivity index (χ1) is 9.06. The highest BCUT2D eigenvalue weighted by Gasteiger charge is 2.27. The SMILES string of the molecule is Cc1cc(C(=O)NC2CCCC(C(=O)O)C2)ccn1. The molecule has 0 aliphatic heterocycles. The molecular weight excluding hydrogens is 244 g/mol.